The molecule has 2 unspecified atom stereocenters. The lowest BCUT2D eigenvalue weighted by molar-refractivity contribution is -0.130. The number of nitrogens with two attached hydrogens (primary N) is 1. The minimum atomic E-state index is -0.0314. The Morgan fingerprint density at radius 2 is 1.80 bits per heavy atom. The second-order valence-corrected chi connectivity index (χ2v) is 5.71. The van der Waals surface area contributed by atoms with Crippen LogP contribution in [0.3, 0.4) is 0 Å². The van der Waals surface area contributed by atoms with Crippen LogP contribution in [0.5, 0.6) is 0 Å². The van der Waals surface area contributed by atoms with Crippen LogP contribution >= 0.6 is 11.6 Å². The van der Waals surface area contributed by atoms with Crippen LogP contribution < -0.4 is 5.73 Å². The van der Waals surface area contributed by atoms with Crippen molar-refractivity contribution in [3.63, 3.8) is 0 Å². The first kappa shape index (κ1) is 17.0. The Labute approximate surface area is 126 Å². The van der Waals surface area contributed by atoms with Crippen LogP contribution in [-0.4, -0.2) is 49.4 Å². The van der Waals surface area contributed by atoms with Gasteiger partial charge in [-0.1, -0.05) is 30.7 Å². The molecule has 0 saturated carbocycles. The predicted octanol–water partition coefficient (Wildman–Crippen LogP) is 2.14. The van der Waals surface area contributed by atoms with Gasteiger partial charge in [0.15, 0.2) is 0 Å². The number of carbonyl (C=O) groups excluding carboxylic acids is 1. The van der Waals surface area contributed by atoms with Gasteiger partial charge < -0.3 is 10.6 Å². The van der Waals surface area contributed by atoms with E-state index in [2.05, 4.69) is 6.92 Å². The molecular formula is C15H24ClN3O. The van der Waals surface area contributed by atoms with Crippen LogP contribution in [0.25, 0.3) is 0 Å². The molecule has 0 aliphatic rings. The smallest absolute Gasteiger partial charge is 0.236 e. The molecule has 1 amide bonds. The number of hydrogen-bond acceptors (Lipinski definition) is 3. The summed E-state index contributed by atoms with van der Waals surface area (Å²) in [6, 6.07) is 7.62. The Balaban J connectivity index is 2.94. The number of amides is 1. The number of carbonyl (C=O) groups is 1. The summed E-state index contributed by atoms with van der Waals surface area (Å²) >= 11 is 5.93. The lowest BCUT2D eigenvalue weighted by atomic mass is 9.96. The number of hydrogen-bond donors (Lipinski definition) is 1. The van der Waals surface area contributed by atoms with Crippen molar-refractivity contribution in [1.29, 1.82) is 0 Å². The van der Waals surface area contributed by atoms with Crippen molar-refractivity contribution in [3.8, 4) is 0 Å². The Hall–Kier alpha value is -1.10. The van der Waals surface area contributed by atoms with E-state index in [0.717, 1.165) is 12.0 Å². The fourth-order valence-corrected chi connectivity index (χ4v) is 2.29. The first-order valence-electron chi connectivity index (χ1n) is 6.78. The Morgan fingerprint density at radius 1 is 1.25 bits per heavy atom. The van der Waals surface area contributed by atoms with Crippen LogP contribution in [-0.2, 0) is 4.79 Å². The largest absolute Gasteiger partial charge is 0.348 e. The second kappa shape index (κ2) is 7.62. The van der Waals surface area contributed by atoms with E-state index < -0.39 is 0 Å². The Bertz CT molecular complexity index is 433. The van der Waals surface area contributed by atoms with Crippen LogP contribution in [0.15, 0.2) is 24.3 Å². The van der Waals surface area contributed by atoms with E-state index in [0.29, 0.717) is 11.6 Å². The summed E-state index contributed by atoms with van der Waals surface area (Å²) in [6.07, 6.45) is 0.841. The molecule has 4 nitrogen and oxygen atoms in total. The van der Waals surface area contributed by atoms with Crippen LogP contribution in [0, 0.1) is 0 Å². The number of halogens is 1. The number of rotatable bonds is 6. The van der Waals surface area contributed by atoms with Gasteiger partial charge in [-0.25, -0.2) is 0 Å². The van der Waals surface area contributed by atoms with Crippen molar-refractivity contribution >= 4 is 17.5 Å². The third-order valence-corrected chi connectivity index (χ3v) is 3.70. The quantitative estimate of drug-likeness (QED) is 0.875. The number of likely N-dealkylation sites (N-methyl/N-ethyl adjacent to an activating group) is 2. The molecule has 0 bridgehead atoms. The lowest BCUT2D eigenvalue weighted by Crippen LogP contribution is -2.43. The van der Waals surface area contributed by atoms with Crippen molar-refractivity contribution < 1.29 is 4.79 Å². The molecule has 1 rings (SSSR count). The normalized spacial score (nSPS) is 14.2. The molecule has 0 aliphatic carbocycles. The van der Waals surface area contributed by atoms with Gasteiger partial charge in [0.05, 0.1) is 12.6 Å². The average molecular weight is 298 g/mol. The van der Waals surface area contributed by atoms with Crippen molar-refractivity contribution in [2.45, 2.75) is 25.4 Å². The lowest BCUT2D eigenvalue weighted by Gasteiger charge is -2.33. The van der Waals surface area contributed by atoms with E-state index in [1.165, 1.54) is 0 Å². The minimum absolute atomic E-state index is 0.00108. The summed E-state index contributed by atoms with van der Waals surface area (Å²) in [7, 11) is 5.44. The van der Waals surface area contributed by atoms with Gasteiger partial charge in [-0.2, -0.15) is 0 Å². The van der Waals surface area contributed by atoms with Crippen molar-refractivity contribution in [3.05, 3.63) is 34.9 Å². The van der Waals surface area contributed by atoms with Gasteiger partial charge in [-0.15, -0.1) is 0 Å². The summed E-state index contributed by atoms with van der Waals surface area (Å²) < 4.78 is 0. The maximum Gasteiger partial charge on any atom is 0.236 e. The molecule has 0 aliphatic heterocycles. The number of benzene rings is 1. The third-order valence-electron chi connectivity index (χ3n) is 3.45. The molecule has 0 fully saturated rings. The first-order chi connectivity index (χ1) is 9.36. The monoisotopic (exact) mass is 297 g/mol. The fourth-order valence-electron chi connectivity index (χ4n) is 2.16. The molecule has 0 heterocycles. The van der Waals surface area contributed by atoms with Crippen molar-refractivity contribution in [1.82, 2.24) is 9.80 Å². The van der Waals surface area contributed by atoms with E-state index in [9.17, 15) is 4.79 Å². The third kappa shape index (κ3) is 4.47. The molecule has 2 N–H and O–H groups in total. The summed E-state index contributed by atoms with van der Waals surface area (Å²) in [6.45, 7) is 2.39. The second-order valence-electron chi connectivity index (χ2n) is 5.27. The maximum absolute atomic E-state index is 11.9. The summed E-state index contributed by atoms with van der Waals surface area (Å²) in [5, 5.41) is 0.699. The minimum Gasteiger partial charge on any atom is -0.348 e. The average Bonchev–Trinajstić information content (AvgIpc) is 2.40. The highest BCUT2D eigenvalue weighted by Gasteiger charge is 2.25. The van der Waals surface area contributed by atoms with E-state index in [1.54, 1.807) is 19.0 Å². The maximum atomic E-state index is 11.9. The molecule has 0 aromatic heterocycles. The van der Waals surface area contributed by atoms with Gasteiger partial charge >= 0.3 is 0 Å². The molecule has 1 aromatic rings. The first-order valence-corrected chi connectivity index (χ1v) is 7.16. The van der Waals surface area contributed by atoms with Gasteiger partial charge in [0.25, 0.3) is 0 Å². The summed E-state index contributed by atoms with van der Waals surface area (Å²) in [5.74, 6) is 0.0646. The van der Waals surface area contributed by atoms with Crippen LogP contribution in [0.1, 0.15) is 24.9 Å². The van der Waals surface area contributed by atoms with E-state index in [-0.39, 0.29) is 18.0 Å². The zero-order valence-electron chi connectivity index (χ0n) is 12.6. The zero-order chi connectivity index (χ0) is 15.3. The highest BCUT2D eigenvalue weighted by atomic mass is 35.5. The van der Waals surface area contributed by atoms with Crippen LogP contribution in [0.4, 0.5) is 0 Å². The van der Waals surface area contributed by atoms with Gasteiger partial charge in [-0.05, 0) is 31.2 Å². The topological polar surface area (TPSA) is 49.6 Å². The van der Waals surface area contributed by atoms with Crippen molar-refractivity contribution in [2.24, 2.45) is 5.73 Å². The SMILES string of the molecule is CCC(N)C(c1ccc(Cl)cc1)N(C)CC(=O)N(C)C. The van der Waals surface area contributed by atoms with Gasteiger partial charge in [0, 0.05) is 25.2 Å². The van der Waals surface area contributed by atoms with E-state index in [1.807, 2.05) is 36.2 Å². The molecular weight excluding hydrogens is 274 g/mol. The summed E-state index contributed by atoms with van der Waals surface area (Å²) in [4.78, 5) is 15.5. The molecule has 1 aromatic carbocycles. The molecule has 20 heavy (non-hydrogen) atoms. The van der Waals surface area contributed by atoms with Gasteiger partial charge in [0.2, 0.25) is 5.91 Å². The van der Waals surface area contributed by atoms with E-state index >= 15 is 0 Å². The predicted molar refractivity (Wildman–Crippen MR) is 83.8 cm³/mol. The number of nitrogens with zero attached hydrogens (tertiary/aromatic N) is 2. The standard InChI is InChI=1S/C15H24ClN3O/c1-5-13(17)15(11-6-8-12(16)9-7-11)19(4)10-14(20)18(2)3/h6-9,13,15H,5,10,17H2,1-4H3. The highest BCUT2D eigenvalue weighted by molar-refractivity contribution is 6.30. The molecule has 112 valence electrons. The Kier molecular flexibility index (Phi) is 6.46. The molecule has 5 heteroatoms. The zero-order valence-corrected chi connectivity index (χ0v) is 13.4. The van der Waals surface area contributed by atoms with Crippen molar-refractivity contribution in [2.75, 3.05) is 27.7 Å². The highest BCUT2D eigenvalue weighted by Crippen LogP contribution is 2.25. The van der Waals surface area contributed by atoms with E-state index in [4.69, 9.17) is 17.3 Å². The molecule has 0 radical (unpaired) electrons. The van der Waals surface area contributed by atoms with Crippen LogP contribution in [0.2, 0.25) is 5.02 Å². The fraction of sp³-hybridized carbons (Fsp3) is 0.533. The Morgan fingerprint density at radius 3 is 2.25 bits per heavy atom. The van der Waals surface area contributed by atoms with Gasteiger partial charge in [0.1, 0.15) is 0 Å². The van der Waals surface area contributed by atoms with Gasteiger partial charge in [-0.3, -0.25) is 9.69 Å². The molecule has 2 atom stereocenters. The molecule has 0 spiro atoms. The molecule has 0 saturated heterocycles. The summed E-state index contributed by atoms with van der Waals surface area (Å²) in [5.41, 5.74) is 7.32.